The number of amides is 1. The van der Waals surface area contributed by atoms with Gasteiger partial charge in [-0.05, 0) is 43.0 Å². The van der Waals surface area contributed by atoms with Gasteiger partial charge in [0.15, 0.2) is 17.3 Å². The number of hydrogen-bond donors (Lipinski definition) is 1. The molecule has 7 nitrogen and oxygen atoms in total. The van der Waals surface area contributed by atoms with Crippen LogP contribution in [0.4, 0.5) is 0 Å². The first-order valence-corrected chi connectivity index (χ1v) is 12.6. The zero-order chi connectivity index (χ0) is 26.0. The van der Waals surface area contributed by atoms with Crippen LogP contribution in [-0.4, -0.2) is 40.4 Å². The van der Waals surface area contributed by atoms with Crippen LogP contribution in [0.3, 0.4) is 0 Å². The van der Waals surface area contributed by atoms with E-state index < -0.39 is 23.5 Å². The quantitative estimate of drug-likeness (QED) is 0.381. The van der Waals surface area contributed by atoms with Gasteiger partial charge in [-0.1, -0.05) is 50.2 Å². The number of aliphatic hydroxyl groups excluding tert-OH is 1. The van der Waals surface area contributed by atoms with Crippen LogP contribution < -0.4 is 9.47 Å². The van der Waals surface area contributed by atoms with Crippen LogP contribution in [0.1, 0.15) is 51.4 Å². The molecule has 188 valence electrons. The van der Waals surface area contributed by atoms with Crippen molar-refractivity contribution in [3.8, 4) is 11.5 Å². The number of rotatable bonds is 9. The Morgan fingerprint density at radius 2 is 1.86 bits per heavy atom. The van der Waals surface area contributed by atoms with E-state index in [4.69, 9.17) is 9.47 Å². The summed E-state index contributed by atoms with van der Waals surface area (Å²) in [6, 6.07) is 14.0. The standard InChI is InChI=1S/C28H30N2O5S/c1-16(2)15-35-21-12-11-20(13-22(21)34-5)24-23(25(31)27-17(3)29-18(4)36-27)26(32)28(33)30(24)14-19-9-7-6-8-10-19/h6-13,16,24,32H,14-15H2,1-5H3. The molecule has 1 aliphatic heterocycles. The second-order valence-electron chi connectivity index (χ2n) is 9.18. The molecular formula is C28H30N2O5S. The van der Waals surface area contributed by atoms with Gasteiger partial charge in [-0.2, -0.15) is 0 Å². The van der Waals surface area contributed by atoms with Gasteiger partial charge in [0, 0.05) is 6.54 Å². The first-order valence-electron chi connectivity index (χ1n) is 11.8. The molecule has 3 aromatic rings. The third-order valence-corrected chi connectivity index (χ3v) is 7.00. The van der Waals surface area contributed by atoms with Crippen LogP contribution in [-0.2, 0) is 11.3 Å². The van der Waals surface area contributed by atoms with Gasteiger partial charge in [-0.3, -0.25) is 9.59 Å². The number of aryl methyl sites for hydroxylation is 2. The lowest BCUT2D eigenvalue weighted by atomic mass is 9.94. The van der Waals surface area contributed by atoms with Crippen LogP contribution in [0.5, 0.6) is 11.5 Å². The molecule has 0 fully saturated rings. The Kier molecular flexibility index (Phi) is 7.45. The van der Waals surface area contributed by atoms with Gasteiger partial charge in [0.25, 0.3) is 5.91 Å². The lowest BCUT2D eigenvalue weighted by molar-refractivity contribution is -0.130. The van der Waals surface area contributed by atoms with E-state index in [1.165, 1.54) is 16.2 Å². The van der Waals surface area contributed by atoms with Gasteiger partial charge in [-0.15, -0.1) is 11.3 Å². The highest BCUT2D eigenvalue weighted by atomic mass is 32.1. The Morgan fingerprint density at radius 3 is 2.47 bits per heavy atom. The van der Waals surface area contributed by atoms with E-state index in [1.54, 1.807) is 26.2 Å². The maximum absolute atomic E-state index is 13.7. The molecule has 1 unspecified atom stereocenters. The number of Topliss-reactive ketones (excluding diaryl/α,β-unsaturated/α-hetero) is 1. The number of hydrogen-bond acceptors (Lipinski definition) is 7. The fourth-order valence-electron chi connectivity index (χ4n) is 4.27. The molecule has 1 N–H and O–H groups in total. The molecule has 0 saturated heterocycles. The summed E-state index contributed by atoms with van der Waals surface area (Å²) in [7, 11) is 1.55. The molecule has 1 atom stereocenters. The number of benzene rings is 2. The predicted octanol–water partition coefficient (Wildman–Crippen LogP) is 5.58. The fraction of sp³-hybridized carbons (Fsp3) is 0.321. The Labute approximate surface area is 215 Å². The largest absolute Gasteiger partial charge is 0.503 e. The summed E-state index contributed by atoms with van der Waals surface area (Å²) >= 11 is 1.25. The van der Waals surface area contributed by atoms with Crippen molar-refractivity contribution in [2.24, 2.45) is 5.92 Å². The first-order chi connectivity index (χ1) is 17.2. The van der Waals surface area contributed by atoms with E-state index in [2.05, 4.69) is 18.8 Å². The number of carbonyl (C=O) groups excluding carboxylic acids is 2. The van der Waals surface area contributed by atoms with Gasteiger partial charge >= 0.3 is 0 Å². The Balaban J connectivity index is 1.81. The first kappa shape index (κ1) is 25.4. The number of ether oxygens (including phenoxy) is 2. The third-order valence-electron chi connectivity index (χ3n) is 5.93. The van der Waals surface area contributed by atoms with Crippen molar-refractivity contribution in [2.45, 2.75) is 40.3 Å². The van der Waals surface area contributed by atoms with Gasteiger partial charge in [0.2, 0.25) is 5.78 Å². The molecule has 4 rings (SSSR count). The number of thiazole rings is 1. The molecule has 0 aliphatic carbocycles. The van der Waals surface area contributed by atoms with Crippen LogP contribution in [0, 0.1) is 19.8 Å². The molecule has 2 aromatic carbocycles. The van der Waals surface area contributed by atoms with E-state index >= 15 is 0 Å². The summed E-state index contributed by atoms with van der Waals surface area (Å²) in [4.78, 5) is 33.4. The van der Waals surface area contributed by atoms with Crippen molar-refractivity contribution >= 4 is 23.0 Å². The molecule has 0 spiro atoms. The number of aliphatic hydroxyl groups is 1. The maximum atomic E-state index is 13.7. The summed E-state index contributed by atoms with van der Waals surface area (Å²) in [5.74, 6) is -0.134. The number of methoxy groups -OCH3 is 1. The molecule has 1 aromatic heterocycles. The van der Waals surface area contributed by atoms with E-state index in [0.29, 0.717) is 40.2 Å². The molecule has 2 heterocycles. The second kappa shape index (κ2) is 10.5. The zero-order valence-corrected chi connectivity index (χ0v) is 21.9. The van der Waals surface area contributed by atoms with Crippen molar-refractivity contribution in [3.63, 3.8) is 0 Å². The molecule has 0 saturated carbocycles. The molecule has 36 heavy (non-hydrogen) atoms. The molecule has 8 heteroatoms. The van der Waals surface area contributed by atoms with Crippen LogP contribution in [0.25, 0.3) is 0 Å². The highest BCUT2D eigenvalue weighted by Gasteiger charge is 2.44. The van der Waals surface area contributed by atoms with E-state index in [1.807, 2.05) is 43.3 Å². The maximum Gasteiger partial charge on any atom is 0.290 e. The molecule has 0 bridgehead atoms. The number of ketones is 1. The topological polar surface area (TPSA) is 89.0 Å². The van der Waals surface area contributed by atoms with Crippen molar-refractivity contribution in [2.75, 3.05) is 13.7 Å². The van der Waals surface area contributed by atoms with Crippen LogP contribution in [0.15, 0.2) is 59.9 Å². The van der Waals surface area contributed by atoms with E-state index in [9.17, 15) is 14.7 Å². The monoisotopic (exact) mass is 506 g/mol. The highest BCUT2D eigenvalue weighted by Crippen LogP contribution is 2.43. The van der Waals surface area contributed by atoms with Gasteiger partial charge in [0.05, 0.1) is 40.9 Å². The lowest BCUT2D eigenvalue weighted by Crippen LogP contribution is -2.30. The molecule has 1 amide bonds. The summed E-state index contributed by atoms with van der Waals surface area (Å²) in [6.07, 6.45) is 0. The SMILES string of the molecule is COc1cc(C2C(C(=O)c3sc(C)nc3C)=C(O)C(=O)N2Cc2ccccc2)ccc1OCC(C)C. The van der Waals surface area contributed by atoms with Crippen LogP contribution in [0.2, 0.25) is 0 Å². The van der Waals surface area contributed by atoms with Crippen molar-refractivity contribution < 1.29 is 24.2 Å². The third kappa shape index (κ3) is 4.99. The van der Waals surface area contributed by atoms with Crippen LogP contribution >= 0.6 is 11.3 Å². The van der Waals surface area contributed by atoms with Crippen molar-refractivity contribution in [3.05, 3.63) is 86.6 Å². The van der Waals surface area contributed by atoms with Crippen molar-refractivity contribution in [1.82, 2.24) is 9.88 Å². The van der Waals surface area contributed by atoms with Crippen molar-refractivity contribution in [1.29, 1.82) is 0 Å². The second-order valence-corrected chi connectivity index (χ2v) is 10.4. The highest BCUT2D eigenvalue weighted by molar-refractivity contribution is 7.14. The Hall–Kier alpha value is -3.65. The van der Waals surface area contributed by atoms with E-state index in [-0.39, 0.29) is 12.1 Å². The van der Waals surface area contributed by atoms with E-state index in [0.717, 1.165) is 10.6 Å². The number of nitrogens with zero attached hydrogens (tertiary/aromatic N) is 2. The summed E-state index contributed by atoms with van der Waals surface area (Å²) in [6.45, 7) is 8.43. The number of aromatic nitrogens is 1. The smallest absolute Gasteiger partial charge is 0.290 e. The lowest BCUT2D eigenvalue weighted by Gasteiger charge is -2.27. The average molecular weight is 507 g/mol. The molecule has 1 aliphatic rings. The molecule has 0 radical (unpaired) electrons. The minimum Gasteiger partial charge on any atom is -0.503 e. The summed E-state index contributed by atoms with van der Waals surface area (Å²) in [5, 5.41) is 11.7. The minimum atomic E-state index is -0.805. The minimum absolute atomic E-state index is 0.0422. The van der Waals surface area contributed by atoms with Gasteiger partial charge in [0.1, 0.15) is 0 Å². The number of carbonyl (C=O) groups is 2. The normalized spacial score (nSPS) is 15.7. The summed E-state index contributed by atoms with van der Waals surface area (Å²) in [5.41, 5.74) is 2.14. The average Bonchev–Trinajstić information content (AvgIpc) is 3.33. The summed E-state index contributed by atoms with van der Waals surface area (Å²) < 4.78 is 11.5. The van der Waals surface area contributed by atoms with Gasteiger partial charge < -0.3 is 19.5 Å². The predicted molar refractivity (Wildman–Crippen MR) is 139 cm³/mol. The Bertz CT molecular complexity index is 1310. The zero-order valence-electron chi connectivity index (χ0n) is 21.1. The Morgan fingerprint density at radius 1 is 1.14 bits per heavy atom. The van der Waals surface area contributed by atoms with Gasteiger partial charge in [-0.25, -0.2) is 4.98 Å². The molecular weight excluding hydrogens is 476 g/mol. The fourth-order valence-corrected chi connectivity index (χ4v) is 5.14.